The van der Waals surface area contributed by atoms with Gasteiger partial charge in [0, 0.05) is 6.20 Å². The Balaban J connectivity index is 2.52. The minimum atomic E-state index is -0.449. The Morgan fingerprint density at radius 2 is 2.41 bits per heavy atom. The second-order valence-corrected chi connectivity index (χ2v) is 4.12. The number of aromatic nitrogens is 2. The zero-order valence-corrected chi connectivity index (χ0v) is 9.87. The maximum absolute atomic E-state index is 11.6. The summed E-state index contributed by atoms with van der Waals surface area (Å²) in [5.74, 6) is 5.02. The number of thiophene rings is 1. The summed E-state index contributed by atoms with van der Waals surface area (Å²) in [5, 5.41) is 0.622. The number of esters is 1. The highest BCUT2D eigenvalue weighted by Gasteiger charge is 2.18. The first-order chi connectivity index (χ1) is 8.17. The van der Waals surface area contributed by atoms with Crippen LogP contribution >= 0.6 is 11.3 Å². The van der Waals surface area contributed by atoms with E-state index in [9.17, 15) is 4.79 Å². The van der Waals surface area contributed by atoms with Crippen LogP contribution in [0.15, 0.2) is 6.20 Å². The lowest BCUT2D eigenvalue weighted by molar-refractivity contribution is 0.0533. The van der Waals surface area contributed by atoms with Crippen LogP contribution in [0.25, 0.3) is 10.2 Å². The number of nitrogens with zero attached hydrogens (tertiary/aromatic N) is 2. The number of hydrazine groups is 1. The van der Waals surface area contributed by atoms with Crippen molar-refractivity contribution in [2.75, 3.05) is 17.8 Å². The Bertz CT molecular complexity index is 568. The SMILES string of the molecule is CCOC(=O)c1sc2nc(NN)ncc2c1N. The monoisotopic (exact) mass is 253 g/mol. The normalized spacial score (nSPS) is 10.5. The highest BCUT2D eigenvalue weighted by Crippen LogP contribution is 2.32. The van der Waals surface area contributed by atoms with Crippen LogP contribution in [0.5, 0.6) is 0 Å². The number of ether oxygens (including phenoxy) is 1. The summed E-state index contributed by atoms with van der Waals surface area (Å²) in [5.41, 5.74) is 8.51. The molecule has 0 aliphatic carbocycles. The van der Waals surface area contributed by atoms with Gasteiger partial charge < -0.3 is 10.5 Å². The third kappa shape index (κ3) is 1.99. The van der Waals surface area contributed by atoms with E-state index in [0.29, 0.717) is 27.4 Å². The molecule has 2 aromatic heterocycles. The zero-order valence-electron chi connectivity index (χ0n) is 9.06. The van der Waals surface area contributed by atoms with Gasteiger partial charge in [0.25, 0.3) is 0 Å². The van der Waals surface area contributed by atoms with Crippen LogP contribution < -0.4 is 17.0 Å². The molecule has 5 N–H and O–H groups in total. The van der Waals surface area contributed by atoms with Gasteiger partial charge in [0.1, 0.15) is 9.71 Å². The quantitative estimate of drug-likeness (QED) is 0.419. The molecule has 0 aliphatic rings. The van der Waals surface area contributed by atoms with Crippen LogP contribution in [0.1, 0.15) is 16.6 Å². The van der Waals surface area contributed by atoms with Crippen molar-refractivity contribution in [3.63, 3.8) is 0 Å². The van der Waals surface area contributed by atoms with Crippen molar-refractivity contribution in [3.05, 3.63) is 11.1 Å². The molecule has 0 unspecified atom stereocenters. The van der Waals surface area contributed by atoms with E-state index < -0.39 is 5.97 Å². The first-order valence-corrected chi connectivity index (χ1v) is 5.67. The summed E-state index contributed by atoms with van der Waals surface area (Å²) in [6.07, 6.45) is 1.52. The molecule has 0 aromatic carbocycles. The number of nitrogens with one attached hydrogen (secondary N) is 1. The third-order valence-electron chi connectivity index (χ3n) is 2.08. The smallest absolute Gasteiger partial charge is 0.350 e. The molecule has 0 atom stereocenters. The first kappa shape index (κ1) is 11.6. The van der Waals surface area contributed by atoms with Crippen LogP contribution in [-0.2, 0) is 4.74 Å². The van der Waals surface area contributed by atoms with Crippen molar-refractivity contribution in [2.24, 2.45) is 5.84 Å². The molecular formula is C9H11N5O2S. The highest BCUT2D eigenvalue weighted by molar-refractivity contribution is 7.21. The second-order valence-electron chi connectivity index (χ2n) is 3.12. The summed E-state index contributed by atoms with van der Waals surface area (Å²) in [7, 11) is 0. The fraction of sp³-hybridized carbons (Fsp3) is 0.222. The van der Waals surface area contributed by atoms with E-state index in [1.165, 1.54) is 6.20 Å². The van der Waals surface area contributed by atoms with E-state index in [1.54, 1.807) is 6.92 Å². The van der Waals surface area contributed by atoms with Gasteiger partial charge in [0.15, 0.2) is 0 Å². The molecule has 0 bridgehead atoms. The van der Waals surface area contributed by atoms with Gasteiger partial charge in [-0.1, -0.05) is 0 Å². The van der Waals surface area contributed by atoms with Gasteiger partial charge in [-0.05, 0) is 6.92 Å². The van der Waals surface area contributed by atoms with E-state index in [2.05, 4.69) is 15.4 Å². The summed E-state index contributed by atoms with van der Waals surface area (Å²) in [4.78, 5) is 20.6. The minimum absolute atomic E-state index is 0.272. The summed E-state index contributed by atoms with van der Waals surface area (Å²) >= 11 is 1.16. The number of hydrogen-bond donors (Lipinski definition) is 3. The number of nitrogens with two attached hydrogens (primary N) is 2. The van der Waals surface area contributed by atoms with E-state index >= 15 is 0 Å². The molecular weight excluding hydrogens is 242 g/mol. The molecule has 2 rings (SSSR count). The first-order valence-electron chi connectivity index (χ1n) is 4.86. The fourth-order valence-corrected chi connectivity index (χ4v) is 2.28. The molecule has 17 heavy (non-hydrogen) atoms. The molecule has 0 saturated heterocycles. The topological polar surface area (TPSA) is 116 Å². The maximum Gasteiger partial charge on any atom is 0.350 e. The standard InChI is InChI=1S/C9H11N5O2S/c1-2-16-8(15)6-5(10)4-3-12-9(14-11)13-7(4)17-6/h3H,2,10-11H2,1H3,(H,12,13,14). The van der Waals surface area contributed by atoms with Gasteiger partial charge in [-0.25, -0.2) is 20.6 Å². The van der Waals surface area contributed by atoms with E-state index in [-0.39, 0.29) is 5.95 Å². The van der Waals surface area contributed by atoms with Crippen LogP contribution in [-0.4, -0.2) is 22.5 Å². The average Bonchev–Trinajstić information content (AvgIpc) is 2.66. The fourth-order valence-electron chi connectivity index (χ4n) is 1.32. The van der Waals surface area contributed by atoms with E-state index in [4.69, 9.17) is 16.3 Å². The Hall–Kier alpha value is -1.93. The van der Waals surface area contributed by atoms with Crippen LogP contribution in [0.3, 0.4) is 0 Å². The Morgan fingerprint density at radius 3 is 3.06 bits per heavy atom. The number of fused-ring (bicyclic) bond motifs is 1. The number of carbonyl (C=O) groups is 1. The molecule has 0 spiro atoms. The minimum Gasteiger partial charge on any atom is -0.462 e. The zero-order chi connectivity index (χ0) is 12.4. The lowest BCUT2D eigenvalue weighted by Gasteiger charge is -1.98. The molecule has 0 radical (unpaired) electrons. The van der Waals surface area contributed by atoms with Gasteiger partial charge in [0.05, 0.1) is 17.7 Å². The molecule has 2 aromatic rings. The number of hydrogen-bond acceptors (Lipinski definition) is 8. The molecule has 90 valence electrons. The summed E-state index contributed by atoms with van der Waals surface area (Å²) < 4.78 is 4.90. The van der Waals surface area contributed by atoms with E-state index in [1.807, 2.05) is 0 Å². The van der Waals surface area contributed by atoms with Crippen molar-refractivity contribution in [1.29, 1.82) is 0 Å². The number of anilines is 2. The van der Waals surface area contributed by atoms with Gasteiger partial charge >= 0.3 is 5.97 Å². The van der Waals surface area contributed by atoms with Crippen molar-refractivity contribution in [2.45, 2.75) is 6.92 Å². The molecule has 0 saturated carbocycles. The molecule has 8 heteroatoms. The summed E-state index contributed by atoms with van der Waals surface area (Å²) in [6.45, 7) is 2.03. The van der Waals surface area contributed by atoms with Crippen LogP contribution in [0.4, 0.5) is 11.6 Å². The van der Waals surface area contributed by atoms with Gasteiger partial charge in [-0.3, -0.25) is 5.43 Å². The number of carbonyl (C=O) groups excluding carboxylic acids is 1. The maximum atomic E-state index is 11.6. The molecule has 2 heterocycles. The molecule has 7 nitrogen and oxygen atoms in total. The molecule has 0 aliphatic heterocycles. The lowest BCUT2D eigenvalue weighted by atomic mass is 10.3. The lowest BCUT2D eigenvalue weighted by Crippen LogP contribution is -2.09. The Kier molecular flexibility index (Phi) is 3.07. The van der Waals surface area contributed by atoms with Gasteiger partial charge in [0.2, 0.25) is 5.95 Å². The average molecular weight is 253 g/mol. The predicted molar refractivity (Wildman–Crippen MR) is 65.6 cm³/mol. The predicted octanol–water partition coefficient (Wildman–Crippen LogP) is 0.736. The molecule has 0 fully saturated rings. The molecule has 0 amide bonds. The highest BCUT2D eigenvalue weighted by atomic mass is 32.1. The third-order valence-corrected chi connectivity index (χ3v) is 3.17. The van der Waals surface area contributed by atoms with Crippen LogP contribution in [0, 0.1) is 0 Å². The summed E-state index contributed by atoms with van der Waals surface area (Å²) in [6, 6.07) is 0. The van der Waals surface area contributed by atoms with Crippen molar-refractivity contribution in [3.8, 4) is 0 Å². The van der Waals surface area contributed by atoms with Crippen molar-refractivity contribution in [1.82, 2.24) is 9.97 Å². The number of nitrogen functional groups attached to an aromatic ring is 2. The van der Waals surface area contributed by atoms with Crippen molar-refractivity contribution < 1.29 is 9.53 Å². The van der Waals surface area contributed by atoms with Crippen molar-refractivity contribution >= 4 is 39.2 Å². The van der Waals surface area contributed by atoms with Crippen LogP contribution in [0.2, 0.25) is 0 Å². The second kappa shape index (κ2) is 4.52. The Morgan fingerprint density at radius 1 is 1.65 bits per heavy atom. The number of rotatable bonds is 3. The van der Waals surface area contributed by atoms with Gasteiger partial charge in [-0.2, -0.15) is 0 Å². The largest absolute Gasteiger partial charge is 0.462 e. The van der Waals surface area contributed by atoms with Gasteiger partial charge in [-0.15, -0.1) is 11.3 Å². The Labute approximate surface area is 101 Å². The van der Waals surface area contributed by atoms with E-state index in [0.717, 1.165) is 11.3 Å².